The van der Waals surface area contributed by atoms with Crippen LogP contribution in [0.2, 0.25) is 5.02 Å². The lowest BCUT2D eigenvalue weighted by atomic mass is 9.98. The van der Waals surface area contributed by atoms with Crippen molar-refractivity contribution < 1.29 is 13.6 Å². The maximum atomic E-state index is 12.4. The molecule has 0 unspecified atom stereocenters. The zero-order valence-electron chi connectivity index (χ0n) is 16.9. The minimum atomic E-state index is -0.161. The predicted octanol–water partition coefficient (Wildman–Crippen LogP) is 5.12. The van der Waals surface area contributed by atoms with Crippen LogP contribution in [0.1, 0.15) is 60.2 Å². The van der Waals surface area contributed by atoms with Crippen LogP contribution >= 0.6 is 11.6 Å². The zero-order chi connectivity index (χ0) is 20.4. The highest BCUT2D eigenvalue weighted by Gasteiger charge is 2.18. The van der Waals surface area contributed by atoms with Crippen LogP contribution in [-0.2, 0) is 6.42 Å². The molecule has 1 aliphatic rings. The Balaban J connectivity index is 1.46. The summed E-state index contributed by atoms with van der Waals surface area (Å²) in [5, 5.41) is 7.99. The van der Waals surface area contributed by atoms with Gasteiger partial charge in [-0.05, 0) is 62.2 Å². The van der Waals surface area contributed by atoms with Gasteiger partial charge in [0.2, 0.25) is 0 Å². The fourth-order valence-electron chi connectivity index (χ4n) is 3.81. The Morgan fingerprint density at radius 2 is 2.00 bits per heavy atom. The fourth-order valence-corrected chi connectivity index (χ4v) is 4.06. The third-order valence-corrected chi connectivity index (χ3v) is 5.72. The number of halogens is 1. The molecule has 4 rings (SSSR count). The second kappa shape index (κ2) is 8.64. The van der Waals surface area contributed by atoms with E-state index in [2.05, 4.69) is 24.5 Å². The number of carbonyl (C=O) groups excluding carboxylic acids is 1. The molecule has 3 aromatic rings. The molecule has 6 heteroatoms. The highest BCUT2D eigenvalue weighted by Crippen LogP contribution is 2.31. The fraction of sp³-hybridized carbons (Fsp3) is 0.435. The van der Waals surface area contributed by atoms with Crippen molar-refractivity contribution in [3.05, 3.63) is 58.2 Å². The van der Waals surface area contributed by atoms with Gasteiger partial charge in [0, 0.05) is 34.9 Å². The Morgan fingerprint density at radius 3 is 2.76 bits per heavy atom. The number of amides is 1. The van der Waals surface area contributed by atoms with E-state index < -0.39 is 0 Å². The minimum Gasteiger partial charge on any atom is -0.461 e. The first-order valence-corrected chi connectivity index (χ1v) is 10.7. The van der Waals surface area contributed by atoms with Crippen LogP contribution in [0.5, 0.6) is 0 Å². The largest absolute Gasteiger partial charge is 0.461 e. The van der Waals surface area contributed by atoms with E-state index >= 15 is 0 Å². The van der Waals surface area contributed by atoms with Crippen molar-refractivity contribution in [2.45, 2.75) is 39.0 Å². The van der Waals surface area contributed by atoms with Gasteiger partial charge >= 0.3 is 0 Å². The third kappa shape index (κ3) is 4.68. The molecule has 5 nitrogen and oxygen atoms in total. The Labute approximate surface area is 175 Å². The number of hydrogen-bond donors (Lipinski definition) is 2. The molecule has 1 fully saturated rings. The average Bonchev–Trinajstić information content (AvgIpc) is 3.34. The van der Waals surface area contributed by atoms with E-state index in [1.54, 1.807) is 6.07 Å². The summed E-state index contributed by atoms with van der Waals surface area (Å²) >= 11 is 6.31. The molecule has 0 radical (unpaired) electrons. The van der Waals surface area contributed by atoms with Gasteiger partial charge in [0.05, 0.1) is 0 Å². The number of hydrogen-bond acceptors (Lipinski definition) is 4. The number of furan rings is 2. The molecule has 1 amide bonds. The molecule has 3 heterocycles. The number of carbonyl (C=O) groups is 1. The highest BCUT2D eigenvalue weighted by molar-refractivity contribution is 6.31. The summed E-state index contributed by atoms with van der Waals surface area (Å²) in [6, 6.07) is 9.43. The topological polar surface area (TPSA) is 67.4 Å². The molecule has 0 saturated carbocycles. The van der Waals surface area contributed by atoms with Crippen molar-refractivity contribution in [1.82, 2.24) is 10.6 Å². The molecule has 154 valence electrons. The molecule has 0 spiro atoms. The number of nitrogens with one attached hydrogen (secondary N) is 2. The zero-order valence-corrected chi connectivity index (χ0v) is 17.6. The molecule has 2 N–H and O–H groups in total. The van der Waals surface area contributed by atoms with Crippen molar-refractivity contribution in [3.63, 3.8) is 0 Å². The Kier molecular flexibility index (Phi) is 5.97. The van der Waals surface area contributed by atoms with Crippen LogP contribution < -0.4 is 10.6 Å². The minimum absolute atomic E-state index is 0.161. The maximum Gasteiger partial charge on any atom is 0.287 e. The molecular formula is C23H27ClN2O3. The molecule has 1 aliphatic heterocycles. The SMILES string of the molecule is CC(C)c1cc2cc(Cl)cc(Cc3ccc(C(=O)NCC4CCNCC4)o3)c2o1. The van der Waals surface area contributed by atoms with Gasteiger partial charge in [0.25, 0.3) is 5.91 Å². The van der Waals surface area contributed by atoms with Gasteiger partial charge < -0.3 is 19.5 Å². The van der Waals surface area contributed by atoms with E-state index in [1.165, 1.54) is 0 Å². The summed E-state index contributed by atoms with van der Waals surface area (Å²) in [7, 11) is 0. The summed E-state index contributed by atoms with van der Waals surface area (Å²) in [4.78, 5) is 12.4. The molecule has 0 bridgehead atoms. The second-order valence-electron chi connectivity index (χ2n) is 8.13. The number of fused-ring (bicyclic) bond motifs is 1. The number of piperidine rings is 1. The smallest absolute Gasteiger partial charge is 0.287 e. The molecular weight excluding hydrogens is 388 g/mol. The van der Waals surface area contributed by atoms with Crippen LogP contribution in [0.3, 0.4) is 0 Å². The van der Waals surface area contributed by atoms with E-state index in [9.17, 15) is 4.79 Å². The van der Waals surface area contributed by atoms with Crippen molar-refractivity contribution >= 4 is 28.5 Å². The Hall–Kier alpha value is -2.24. The van der Waals surface area contributed by atoms with Crippen LogP contribution in [-0.4, -0.2) is 25.5 Å². The highest BCUT2D eigenvalue weighted by atomic mass is 35.5. The van der Waals surface area contributed by atoms with E-state index in [4.69, 9.17) is 20.4 Å². The van der Waals surface area contributed by atoms with E-state index in [1.807, 2.05) is 24.3 Å². The molecule has 0 aliphatic carbocycles. The molecule has 2 aromatic heterocycles. The number of benzene rings is 1. The maximum absolute atomic E-state index is 12.4. The molecule has 1 aromatic carbocycles. The van der Waals surface area contributed by atoms with E-state index in [-0.39, 0.29) is 5.91 Å². The van der Waals surface area contributed by atoms with Gasteiger partial charge in [0.1, 0.15) is 17.1 Å². The van der Waals surface area contributed by atoms with E-state index in [0.29, 0.717) is 41.3 Å². The monoisotopic (exact) mass is 414 g/mol. The Morgan fingerprint density at radius 1 is 1.21 bits per heavy atom. The van der Waals surface area contributed by atoms with Gasteiger partial charge in [-0.25, -0.2) is 0 Å². The van der Waals surface area contributed by atoms with Crippen molar-refractivity contribution in [2.75, 3.05) is 19.6 Å². The van der Waals surface area contributed by atoms with Gasteiger partial charge in [-0.2, -0.15) is 0 Å². The van der Waals surface area contributed by atoms with Crippen LogP contribution in [0.4, 0.5) is 0 Å². The van der Waals surface area contributed by atoms with Crippen molar-refractivity contribution in [3.8, 4) is 0 Å². The molecule has 0 atom stereocenters. The quantitative estimate of drug-likeness (QED) is 0.587. The van der Waals surface area contributed by atoms with Crippen LogP contribution in [0.25, 0.3) is 11.0 Å². The summed E-state index contributed by atoms with van der Waals surface area (Å²) in [5.74, 6) is 2.65. The first-order chi connectivity index (χ1) is 14.0. The summed E-state index contributed by atoms with van der Waals surface area (Å²) in [6.07, 6.45) is 2.70. The predicted molar refractivity (Wildman–Crippen MR) is 115 cm³/mol. The van der Waals surface area contributed by atoms with Gasteiger partial charge in [0.15, 0.2) is 5.76 Å². The van der Waals surface area contributed by atoms with Crippen LogP contribution in [0, 0.1) is 5.92 Å². The molecule has 1 saturated heterocycles. The standard InChI is InChI=1S/C23H27ClN2O3/c1-14(2)21-12-17-10-18(24)9-16(22(17)29-21)11-19-3-4-20(28-19)23(27)26-13-15-5-7-25-8-6-15/h3-4,9-10,12,14-15,25H,5-8,11,13H2,1-2H3,(H,26,27). The number of rotatable bonds is 6. The molecule has 29 heavy (non-hydrogen) atoms. The third-order valence-electron chi connectivity index (χ3n) is 5.51. The van der Waals surface area contributed by atoms with Gasteiger partial charge in [-0.1, -0.05) is 25.4 Å². The summed E-state index contributed by atoms with van der Waals surface area (Å²) < 4.78 is 11.9. The normalized spacial score (nSPS) is 15.3. The van der Waals surface area contributed by atoms with Gasteiger partial charge in [-0.15, -0.1) is 0 Å². The second-order valence-corrected chi connectivity index (χ2v) is 8.57. The lowest BCUT2D eigenvalue weighted by Crippen LogP contribution is -2.35. The summed E-state index contributed by atoms with van der Waals surface area (Å²) in [6.45, 7) is 6.92. The van der Waals surface area contributed by atoms with Crippen LogP contribution in [0.15, 0.2) is 39.2 Å². The lowest BCUT2D eigenvalue weighted by Gasteiger charge is -2.22. The van der Waals surface area contributed by atoms with Crippen molar-refractivity contribution in [1.29, 1.82) is 0 Å². The van der Waals surface area contributed by atoms with Gasteiger partial charge in [-0.3, -0.25) is 4.79 Å². The van der Waals surface area contributed by atoms with E-state index in [0.717, 1.165) is 48.2 Å². The first kappa shape index (κ1) is 20.0. The summed E-state index contributed by atoms with van der Waals surface area (Å²) in [5.41, 5.74) is 1.78. The average molecular weight is 415 g/mol. The Bertz CT molecular complexity index is 999. The van der Waals surface area contributed by atoms with Crippen molar-refractivity contribution in [2.24, 2.45) is 5.92 Å². The lowest BCUT2D eigenvalue weighted by molar-refractivity contribution is 0.0915. The first-order valence-electron chi connectivity index (χ1n) is 10.3.